The molecule has 23 heavy (non-hydrogen) atoms. The SMILES string of the molecule is CC(C)(C)OC(=O)C1C(=O)c2c(F)cc(F)cc2[C@H]2CCC[C@@H]12. The fourth-order valence-electron chi connectivity index (χ4n) is 3.92. The van der Waals surface area contributed by atoms with Gasteiger partial charge >= 0.3 is 5.97 Å². The number of hydrogen-bond acceptors (Lipinski definition) is 3. The van der Waals surface area contributed by atoms with Crippen molar-refractivity contribution in [2.45, 2.75) is 51.6 Å². The van der Waals surface area contributed by atoms with Crippen LogP contribution in [0.5, 0.6) is 0 Å². The number of carbonyl (C=O) groups excluding carboxylic acids is 2. The van der Waals surface area contributed by atoms with E-state index in [4.69, 9.17) is 4.74 Å². The molecular weight excluding hydrogens is 302 g/mol. The van der Waals surface area contributed by atoms with Crippen molar-refractivity contribution in [2.75, 3.05) is 0 Å². The van der Waals surface area contributed by atoms with Gasteiger partial charge in [-0.15, -0.1) is 0 Å². The van der Waals surface area contributed by atoms with E-state index in [1.165, 1.54) is 6.07 Å². The maximum Gasteiger partial charge on any atom is 0.317 e. The van der Waals surface area contributed by atoms with Crippen molar-refractivity contribution in [3.63, 3.8) is 0 Å². The van der Waals surface area contributed by atoms with E-state index in [-0.39, 0.29) is 17.4 Å². The third-order valence-corrected chi connectivity index (χ3v) is 4.67. The van der Waals surface area contributed by atoms with Gasteiger partial charge in [-0.05, 0) is 57.1 Å². The van der Waals surface area contributed by atoms with Crippen LogP contribution in [0.15, 0.2) is 12.1 Å². The average molecular weight is 322 g/mol. The first-order valence-electron chi connectivity index (χ1n) is 7.95. The molecule has 0 aliphatic heterocycles. The maximum absolute atomic E-state index is 14.2. The largest absolute Gasteiger partial charge is 0.459 e. The second-order valence-electron chi connectivity index (χ2n) is 7.43. The molecule has 2 aliphatic rings. The summed E-state index contributed by atoms with van der Waals surface area (Å²) in [5.74, 6) is -4.13. The molecule has 1 saturated carbocycles. The number of Topliss-reactive ketones (excluding diaryl/α,β-unsaturated/α-hetero) is 1. The van der Waals surface area contributed by atoms with Crippen molar-refractivity contribution in [3.05, 3.63) is 34.9 Å². The molecule has 0 radical (unpaired) electrons. The van der Waals surface area contributed by atoms with Gasteiger partial charge in [-0.25, -0.2) is 8.78 Å². The van der Waals surface area contributed by atoms with E-state index >= 15 is 0 Å². The van der Waals surface area contributed by atoms with E-state index in [2.05, 4.69) is 0 Å². The quantitative estimate of drug-likeness (QED) is 0.580. The summed E-state index contributed by atoms with van der Waals surface area (Å²) in [7, 11) is 0. The molecule has 0 bridgehead atoms. The normalized spacial score (nSPS) is 26.7. The summed E-state index contributed by atoms with van der Waals surface area (Å²) in [5.41, 5.74) is -0.437. The number of rotatable bonds is 1. The van der Waals surface area contributed by atoms with E-state index < -0.39 is 34.9 Å². The highest BCUT2D eigenvalue weighted by atomic mass is 19.1. The number of benzene rings is 1. The third kappa shape index (κ3) is 2.77. The lowest BCUT2D eigenvalue weighted by Crippen LogP contribution is -2.41. The predicted molar refractivity (Wildman–Crippen MR) is 80.1 cm³/mol. The molecular formula is C18H20F2O3. The van der Waals surface area contributed by atoms with Crippen LogP contribution >= 0.6 is 0 Å². The Morgan fingerprint density at radius 3 is 2.57 bits per heavy atom. The summed E-state index contributed by atoms with van der Waals surface area (Å²) in [6.07, 6.45) is 2.25. The van der Waals surface area contributed by atoms with Crippen LogP contribution in [0.2, 0.25) is 0 Å². The molecule has 0 aromatic heterocycles. The molecule has 1 aromatic carbocycles. The number of ether oxygens (including phenoxy) is 1. The van der Waals surface area contributed by atoms with Crippen molar-refractivity contribution < 1.29 is 23.1 Å². The van der Waals surface area contributed by atoms with Crippen molar-refractivity contribution in [1.82, 2.24) is 0 Å². The van der Waals surface area contributed by atoms with Crippen molar-refractivity contribution in [2.24, 2.45) is 11.8 Å². The molecule has 2 aliphatic carbocycles. The molecule has 1 unspecified atom stereocenters. The monoisotopic (exact) mass is 322 g/mol. The Kier molecular flexibility index (Phi) is 3.77. The van der Waals surface area contributed by atoms with Gasteiger partial charge in [0.2, 0.25) is 0 Å². The van der Waals surface area contributed by atoms with Gasteiger partial charge in [0.25, 0.3) is 0 Å². The topological polar surface area (TPSA) is 43.4 Å². The first-order chi connectivity index (χ1) is 10.7. The minimum Gasteiger partial charge on any atom is -0.459 e. The summed E-state index contributed by atoms with van der Waals surface area (Å²) >= 11 is 0. The molecule has 1 fully saturated rings. The van der Waals surface area contributed by atoms with E-state index in [0.717, 1.165) is 12.8 Å². The van der Waals surface area contributed by atoms with E-state index in [1.54, 1.807) is 20.8 Å². The van der Waals surface area contributed by atoms with E-state index in [9.17, 15) is 18.4 Å². The molecule has 0 saturated heterocycles. The van der Waals surface area contributed by atoms with Crippen LogP contribution in [0.25, 0.3) is 0 Å². The van der Waals surface area contributed by atoms with Gasteiger partial charge in [-0.2, -0.15) is 0 Å². The van der Waals surface area contributed by atoms with Gasteiger partial charge in [0.15, 0.2) is 5.78 Å². The van der Waals surface area contributed by atoms with Crippen LogP contribution in [-0.2, 0) is 9.53 Å². The highest BCUT2D eigenvalue weighted by molar-refractivity contribution is 6.11. The Labute approximate surface area is 134 Å². The van der Waals surface area contributed by atoms with Gasteiger partial charge < -0.3 is 4.74 Å². The predicted octanol–water partition coefficient (Wildman–Crippen LogP) is 4.00. The van der Waals surface area contributed by atoms with Crippen LogP contribution in [0.3, 0.4) is 0 Å². The minimum absolute atomic E-state index is 0.134. The lowest BCUT2D eigenvalue weighted by atomic mass is 9.69. The minimum atomic E-state index is -0.991. The van der Waals surface area contributed by atoms with E-state index in [1.807, 2.05) is 0 Å². The lowest BCUT2D eigenvalue weighted by molar-refractivity contribution is -0.160. The first kappa shape index (κ1) is 16.1. The second kappa shape index (κ2) is 5.39. The molecule has 1 aromatic rings. The lowest BCUT2D eigenvalue weighted by Gasteiger charge is -2.34. The van der Waals surface area contributed by atoms with Crippen molar-refractivity contribution in [3.8, 4) is 0 Å². The number of halogens is 2. The first-order valence-corrected chi connectivity index (χ1v) is 7.95. The number of ketones is 1. The van der Waals surface area contributed by atoms with Crippen LogP contribution in [-0.4, -0.2) is 17.4 Å². The van der Waals surface area contributed by atoms with Crippen molar-refractivity contribution >= 4 is 11.8 Å². The van der Waals surface area contributed by atoms with Gasteiger partial charge in [-0.3, -0.25) is 9.59 Å². The zero-order chi connectivity index (χ0) is 16.9. The Morgan fingerprint density at radius 2 is 1.91 bits per heavy atom. The molecule has 0 spiro atoms. The number of carbonyl (C=O) groups is 2. The summed E-state index contributed by atoms with van der Waals surface area (Å²) in [6.45, 7) is 5.19. The molecule has 0 N–H and O–H groups in total. The van der Waals surface area contributed by atoms with Gasteiger partial charge in [0.1, 0.15) is 23.2 Å². The number of esters is 1. The average Bonchev–Trinajstić information content (AvgIpc) is 2.84. The zero-order valence-electron chi connectivity index (χ0n) is 13.5. The molecule has 3 atom stereocenters. The molecule has 3 nitrogen and oxygen atoms in total. The third-order valence-electron chi connectivity index (χ3n) is 4.67. The smallest absolute Gasteiger partial charge is 0.317 e. The standard InChI is InChI=1S/C18H20F2O3/c1-18(2,3)23-17(22)15-11-6-4-5-10(11)12-7-9(19)8-13(20)14(12)16(15)21/h7-8,10-11,15H,4-6H2,1-3H3/t10-,11+,15?/m0/s1. The highest BCUT2D eigenvalue weighted by Crippen LogP contribution is 2.50. The molecule has 124 valence electrons. The summed E-state index contributed by atoms with van der Waals surface area (Å²) in [5, 5.41) is 0. The fourth-order valence-corrected chi connectivity index (χ4v) is 3.92. The zero-order valence-corrected chi connectivity index (χ0v) is 13.5. The van der Waals surface area contributed by atoms with Gasteiger partial charge in [-0.1, -0.05) is 6.42 Å². The Balaban J connectivity index is 2.06. The Bertz CT molecular complexity index is 676. The number of fused-ring (bicyclic) bond motifs is 3. The Morgan fingerprint density at radius 1 is 1.22 bits per heavy atom. The number of hydrogen-bond donors (Lipinski definition) is 0. The van der Waals surface area contributed by atoms with Crippen LogP contribution < -0.4 is 0 Å². The Hall–Kier alpha value is -1.78. The second-order valence-corrected chi connectivity index (χ2v) is 7.43. The molecule has 0 amide bonds. The summed E-state index contributed by atoms with van der Waals surface area (Å²) in [6, 6.07) is 1.95. The molecule has 0 heterocycles. The van der Waals surface area contributed by atoms with E-state index in [0.29, 0.717) is 18.1 Å². The fraction of sp³-hybridized carbons (Fsp3) is 0.556. The van der Waals surface area contributed by atoms with Crippen molar-refractivity contribution in [1.29, 1.82) is 0 Å². The molecule has 3 rings (SSSR count). The van der Waals surface area contributed by atoms with Crippen LogP contribution in [0.1, 0.15) is 61.9 Å². The van der Waals surface area contributed by atoms with Gasteiger partial charge in [0, 0.05) is 6.07 Å². The molecule has 5 heteroatoms. The maximum atomic E-state index is 14.2. The summed E-state index contributed by atoms with van der Waals surface area (Å²) < 4.78 is 33.2. The van der Waals surface area contributed by atoms with Crippen LogP contribution in [0.4, 0.5) is 8.78 Å². The highest BCUT2D eigenvalue weighted by Gasteiger charge is 2.50. The van der Waals surface area contributed by atoms with Crippen LogP contribution in [0, 0.1) is 23.5 Å². The van der Waals surface area contributed by atoms with Gasteiger partial charge in [0.05, 0.1) is 5.56 Å². The summed E-state index contributed by atoms with van der Waals surface area (Å²) in [4.78, 5) is 25.3.